The fourth-order valence-electron chi connectivity index (χ4n) is 3.42. The van der Waals surface area contributed by atoms with Gasteiger partial charge in [0.15, 0.2) is 0 Å². The molecule has 3 aromatic rings. The molecule has 1 aromatic carbocycles. The lowest BCUT2D eigenvalue weighted by Crippen LogP contribution is -2.46. The number of aromatic amines is 1. The number of nitrogens with one attached hydrogen (secondary N) is 1. The van der Waals surface area contributed by atoms with Crippen LogP contribution in [0, 0.1) is 0 Å². The number of H-pyrrole nitrogens is 1. The van der Waals surface area contributed by atoms with Gasteiger partial charge in [0.25, 0.3) is 6.43 Å². The second kappa shape index (κ2) is 7.11. The first-order chi connectivity index (χ1) is 12.4. The van der Waals surface area contributed by atoms with E-state index in [0.29, 0.717) is 16.8 Å². The van der Waals surface area contributed by atoms with E-state index >= 15 is 0 Å². The normalized spacial score (nSPS) is 16.5. The summed E-state index contributed by atoms with van der Waals surface area (Å²) < 4.78 is 41.5. The topological polar surface area (TPSA) is 48.9 Å². The van der Waals surface area contributed by atoms with Crippen molar-refractivity contribution in [3.63, 3.8) is 0 Å². The van der Waals surface area contributed by atoms with Crippen LogP contribution in [0.1, 0.15) is 24.6 Å². The zero-order valence-electron chi connectivity index (χ0n) is 14.4. The summed E-state index contributed by atoms with van der Waals surface area (Å²) in [5.41, 5.74) is -1.81. The van der Waals surface area contributed by atoms with Gasteiger partial charge in [-0.25, -0.2) is 8.78 Å². The number of fused-ring (bicyclic) bond motifs is 1. The second-order valence-corrected chi connectivity index (χ2v) is 7.08. The summed E-state index contributed by atoms with van der Waals surface area (Å²) in [6.45, 7) is 0.716. The van der Waals surface area contributed by atoms with Gasteiger partial charge in [0, 0.05) is 29.1 Å². The third-order valence-corrected chi connectivity index (χ3v) is 4.84. The second-order valence-electron chi connectivity index (χ2n) is 7.08. The summed E-state index contributed by atoms with van der Waals surface area (Å²) >= 11 is 0. The molecule has 0 saturated heterocycles. The summed E-state index contributed by atoms with van der Waals surface area (Å²) in [4.78, 5) is 6.98. The van der Waals surface area contributed by atoms with Crippen LogP contribution in [0.5, 0.6) is 0 Å². The van der Waals surface area contributed by atoms with E-state index in [2.05, 4.69) is 9.97 Å². The Hall–Kier alpha value is -2.34. The van der Waals surface area contributed by atoms with Crippen molar-refractivity contribution < 1.29 is 18.3 Å². The van der Waals surface area contributed by atoms with Gasteiger partial charge >= 0.3 is 0 Å². The maximum atomic E-state index is 13.9. The van der Waals surface area contributed by atoms with Gasteiger partial charge in [-0.2, -0.15) is 0 Å². The van der Waals surface area contributed by atoms with Crippen LogP contribution in [0.2, 0.25) is 0 Å². The Morgan fingerprint density at radius 1 is 1.19 bits per heavy atom. The molecule has 0 spiro atoms. The van der Waals surface area contributed by atoms with Crippen molar-refractivity contribution in [2.75, 3.05) is 6.67 Å². The lowest BCUT2D eigenvalue weighted by Gasteiger charge is -2.36. The zero-order valence-corrected chi connectivity index (χ0v) is 14.4. The Morgan fingerprint density at radius 2 is 1.92 bits per heavy atom. The standard InChI is InChI=1S/C20H21F3N2O/c1-19(13-21,15-5-3-2-4-6-15)12-20(26,18(22)23)10-16-9-14-7-8-24-11-17(14)25-16/h2-9,11,18,25-26H,10,12-13H2,1H3. The van der Waals surface area contributed by atoms with Crippen molar-refractivity contribution in [1.82, 2.24) is 9.97 Å². The molecule has 3 nitrogen and oxygen atoms in total. The number of halogens is 3. The number of aliphatic hydroxyl groups is 1. The molecule has 0 aliphatic carbocycles. The zero-order chi connectivity index (χ0) is 18.8. The predicted molar refractivity (Wildman–Crippen MR) is 95.1 cm³/mol. The molecular weight excluding hydrogens is 341 g/mol. The van der Waals surface area contributed by atoms with Gasteiger partial charge in [0.2, 0.25) is 0 Å². The molecule has 2 heterocycles. The first-order valence-electron chi connectivity index (χ1n) is 8.40. The maximum Gasteiger partial charge on any atom is 0.267 e. The van der Waals surface area contributed by atoms with Crippen LogP contribution >= 0.6 is 0 Å². The molecular formula is C20H21F3N2O. The smallest absolute Gasteiger partial charge is 0.267 e. The number of hydrogen-bond acceptors (Lipinski definition) is 2. The van der Waals surface area contributed by atoms with Crippen LogP contribution in [0.4, 0.5) is 13.2 Å². The molecule has 2 unspecified atom stereocenters. The number of alkyl halides is 3. The maximum absolute atomic E-state index is 13.9. The van der Waals surface area contributed by atoms with Gasteiger partial charge in [0.1, 0.15) is 5.60 Å². The van der Waals surface area contributed by atoms with Crippen molar-refractivity contribution in [3.8, 4) is 0 Å². The average molecular weight is 362 g/mol. The van der Waals surface area contributed by atoms with E-state index in [9.17, 15) is 18.3 Å². The fraction of sp³-hybridized carbons (Fsp3) is 0.350. The van der Waals surface area contributed by atoms with Crippen LogP contribution in [0.25, 0.3) is 10.9 Å². The molecule has 2 aromatic heterocycles. The van der Waals surface area contributed by atoms with Crippen molar-refractivity contribution in [2.45, 2.75) is 37.2 Å². The summed E-state index contributed by atoms with van der Waals surface area (Å²) in [5.74, 6) is 0. The van der Waals surface area contributed by atoms with Crippen LogP contribution < -0.4 is 0 Å². The van der Waals surface area contributed by atoms with Gasteiger partial charge < -0.3 is 10.1 Å². The van der Waals surface area contributed by atoms with Gasteiger partial charge in [-0.05, 0) is 24.1 Å². The Labute approximate surface area is 149 Å². The minimum absolute atomic E-state index is 0.304. The van der Waals surface area contributed by atoms with E-state index in [4.69, 9.17) is 0 Å². The van der Waals surface area contributed by atoms with E-state index in [1.54, 1.807) is 61.8 Å². The molecule has 0 fully saturated rings. The molecule has 0 saturated carbocycles. The number of rotatable bonds is 7. The van der Waals surface area contributed by atoms with E-state index in [1.165, 1.54) is 0 Å². The lowest BCUT2D eigenvalue weighted by atomic mass is 9.73. The first-order valence-corrected chi connectivity index (χ1v) is 8.40. The molecule has 0 radical (unpaired) electrons. The number of aromatic nitrogens is 2. The third-order valence-electron chi connectivity index (χ3n) is 4.84. The summed E-state index contributed by atoms with van der Waals surface area (Å²) in [5, 5.41) is 11.6. The summed E-state index contributed by atoms with van der Waals surface area (Å²) in [7, 11) is 0. The first kappa shape index (κ1) is 18.5. The molecule has 26 heavy (non-hydrogen) atoms. The van der Waals surface area contributed by atoms with E-state index < -0.39 is 30.5 Å². The average Bonchev–Trinajstić information content (AvgIpc) is 3.04. The monoisotopic (exact) mass is 362 g/mol. The molecule has 0 amide bonds. The highest BCUT2D eigenvalue weighted by Gasteiger charge is 2.45. The summed E-state index contributed by atoms with van der Waals surface area (Å²) in [6, 6.07) is 12.1. The van der Waals surface area contributed by atoms with E-state index in [1.807, 2.05) is 0 Å². The van der Waals surface area contributed by atoms with Gasteiger partial charge in [-0.15, -0.1) is 0 Å². The molecule has 138 valence electrons. The number of pyridine rings is 1. The molecule has 0 aliphatic heterocycles. The van der Waals surface area contributed by atoms with Gasteiger partial charge in [0.05, 0.1) is 18.4 Å². The SMILES string of the molecule is CC(CF)(CC(O)(Cc1cc2ccncc2[nH]1)C(F)F)c1ccccc1. The van der Waals surface area contributed by atoms with Crippen molar-refractivity contribution in [3.05, 3.63) is 66.1 Å². The molecule has 2 N–H and O–H groups in total. The van der Waals surface area contributed by atoms with Crippen molar-refractivity contribution in [2.24, 2.45) is 0 Å². The number of benzene rings is 1. The van der Waals surface area contributed by atoms with E-state index in [0.717, 1.165) is 5.39 Å². The van der Waals surface area contributed by atoms with Crippen LogP contribution in [-0.2, 0) is 11.8 Å². The highest BCUT2D eigenvalue weighted by molar-refractivity contribution is 5.79. The lowest BCUT2D eigenvalue weighted by molar-refractivity contribution is -0.113. The van der Waals surface area contributed by atoms with Crippen molar-refractivity contribution in [1.29, 1.82) is 0 Å². The van der Waals surface area contributed by atoms with Crippen molar-refractivity contribution >= 4 is 10.9 Å². The van der Waals surface area contributed by atoms with Gasteiger partial charge in [-0.3, -0.25) is 9.37 Å². The number of nitrogens with zero attached hydrogens (tertiary/aromatic N) is 1. The van der Waals surface area contributed by atoms with Crippen LogP contribution in [0.3, 0.4) is 0 Å². The number of hydrogen-bond donors (Lipinski definition) is 2. The van der Waals surface area contributed by atoms with E-state index in [-0.39, 0.29) is 6.42 Å². The molecule has 0 bridgehead atoms. The fourth-order valence-corrected chi connectivity index (χ4v) is 3.42. The van der Waals surface area contributed by atoms with Gasteiger partial charge in [-0.1, -0.05) is 37.3 Å². The Morgan fingerprint density at radius 3 is 2.54 bits per heavy atom. The Bertz CT molecular complexity index is 835. The van der Waals surface area contributed by atoms with Crippen LogP contribution in [-0.4, -0.2) is 33.8 Å². The quantitative estimate of drug-likeness (QED) is 0.654. The minimum Gasteiger partial charge on any atom is -0.383 e. The minimum atomic E-state index is -3.01. The molecule has 6 heteroatoms. The summed E-state index contributed by atoms with van der Waals surface area (Å²) in [6.07, 6.45) is -0.514. The third kappa shape index (κ3) is 3.60. The molecule has 0 aliphatic rings. The molecule has 3 rings (SSSR count). The molecule has 2 atom stereocenters. The predicted octanol–water partition coefficient (Wildman–Crippen LogP) is 4.42. The Balaban J connectivity index is 1.91. The van der Waals surface area contributed by atoms with Crippen LogP contribution in [0.15, 0.2) is 54.9 Å². The largest absolute Gasteiger partial charge is 0.383 e. The highest BCUT2D eigenvalue weighted by Crippen LogP contribution is 2.38. The Kier molecular flexibility index (Phi) is 5.05. The highest BCUT2D eigenvalue weighted by atomic mass is 19.3.